The van der Waals surface area contributed by atoms with E-state index < -0.39 is 0 Å². The summed E-state index contributed by atoms with van der Waals surface area (Å²) in [4.78, 5) is 2.42. The van der Waals surface area contributed by atoms with Crippen molar-refractivity contribution in [2.24, 2.45) is 0 Å². The van der Waals surface area contributed by atoms with Gasteiger partial charge in [-0.1, -0.05) is 164 Å². The predicted molar refractivity (Wildman–Crippen MR) is 233 cm³/mol. The molecule has 2 heteroatoms. The first-order chi connectivity index (χ1) is 26.7. The minimum absolute atomic E-state index is 1.11. The lowest BCUT2D eigenvalue weighted by Gasteiger charge is -2.28. The third-order valence-corrected chi connectivity index (χ3v) is 11.6. The molecular formula is C52H35NS. The molecular weight excluding hydrogens is 671 g/mol. The van der Waals surface area contributed by atoms with E-state index in [2.05, 4.69) is 217 Å². The van der Waals surface area contributed by atoms with Gasteiger partial charge >= 0.3 is 0 Å². The van der Waals surface area contributed by atoms with Crippen molar-refractivity contribution in [1.29, 1.82) is 0 Å². The number of fused-ring (bicyclic) bond motifs is 4. The number of rotatable bonds is 7. The molecule has 0 spiro atoms. The molecule has 10 rings (SSSR count). The van der Waals surface area contributed by atoms with Gasteiger partial charge in [-0.3, -0.25) is 0 Å². The summed E-state index contributed by atoms with van der Waals surface area (Å²) >= 11 is 1.86. The smallest absolute Gasteiger partial charge is 0.0540 e. The van der Waals surface area contributed by atoms with Crippen LogP contribution in [0.4, 0.5) is 17.1 Å². The first kappa shape index (κ1) is 32.0. The number of anilines is 3. The number of nitrogens with zero attached hydrogens (tertiary/aromatic N) is 1. The van der Waals surface area contributed by atoms with E-state index >= 15 is 0 Å². The molecule has 0 saturated heterocycles. The van der Waals surface area contributed by atoms with Gasteiger partial charge in [-0.2, -0.15) is 0 Å². The fourth-order valence-electron chi connectivity index (χ4n) is 7.72. The van der Waals surface area contributed by atoms with Crippen LogP contribution in [0.1, 0.15) is 0 Å². The Morgan fingerprint density at radius 2 is 0.852 bits per heavy atom. The van der Waals surface area contributed by atoms with Gasteiger partial charge in [0, 0.05) is 37.1 Å². The third-order valence-electron chi connectivity index (χ3n) is 10.5. The molecule has 0 fully saturated rings. The molecule has 0 radical (unpaired) electrons. The van der Waals surface area contributed by atoms with E-state index in [-0.39, 0.29) is 0 Å². The lowest BCUT2D eigenvalue weighted by molar-refractivity contribution is 1.29. The van der Waals surface area contributed by atoms with Gasteiger partial charge in [-0.05, 0) is 98.2 Å². The SMILES string of the molecule is c1ccc(-c2ccc(-c3ccccc3N(c3ccc(-c4cccc(-c5ccc6ccccc6c5)c4)cc3)c3ccc4c(c3)sc3ccccc34)cc2)cc1. The van der Waals surface area contributed by atoms with Crippen LogP contribution < -0.4 is 4.90 Å². The Kier molecular flexibility index (Phi) is 8.09. The van der Waals surface area contributed by atoms with E-state index in [1.165, 1.54) is 75.5 Å². The molecule has 9 aromatic carbocycles. The molecule has 1 aromatic heterocycles. The number of hydrogen-bond donors (Lipinski definition) is 0. The Morgan fingerprint density at radius 1 is 0.296 bits per heavy atom. The van der Waals surface area contributed by atoms with Crippen LogP contribution in [0.2, 0.25) is 0 Å². The summed E-state index contributed by atoms with van der Waals surface area (Å²) in [6.45, 7) is 0. The first-order valence-corrected chi connectivity index (χ1v) is 19.2. The zero-order valence-electron chi connectivity index (χ0n) is 29.6. The summed E-state index contributed by atoms with van der Waals surface area (Å²) in [5, 5.41) is 5.12. The zero-order valence-corrected chi connectivity index (χ0v) is 30.4. The van der Waals surface area contributed by atoms with Crippen molar-refractivity contribution in [2.75, 3.05) is 4.90 Å². The summed E-state index contributed by atoms with van der Waals surface area (Å²) in [6, 6.07) is 77.2. The molecule has 10 aromatic rings. The highest BCUT2D eigenvalue weighted by molar-refractivity contribution is 7.25. The average Bonchev–Trinajstić information content (AvgIpc) is 3.62. The Bertz CT molecular complexity index is 2920. The van der Waals surface area contributed by atoms with Gasteiger partial charge in [0.1, 0.15) is 0 Å². The molecule has 0 bridgehead atoms. The molecule has 0 unspecified atom stereocenters. The van der Waals surface area contributed by atoms with Crippen LogP contribution in [0, 0.1) is 0 Å². The van der Waals surface area contributed by atoms with Crippen LogP contribution in [0.25, 0.3) is 75.5 Å². The third kappa shape index (κ3) is 5.93. The molecule has 0 aliphatic heterocycles. The second-order valence-corrected chi connectivity index (χ2v) is 14.8. The predicted octanol–water partition coefficient (Wildman–Crippen LogP) is 15.3. The monoisotopic (exact) mass is 705 g/mol. The lowest BCUT2D eigenvalue weighted by Crippen LogP contribution is -2.11. The molecule has 0 atom stereocenters. The first-order valence-electron chi connectivity index (χ1n) is 18.4. The highest BCUT2D eigenvalue weighted by Gasteiger charge is 2.19. The van der Waals surface area contributed by atoms with Gasteiger partial charge in [-0.15, -0.1) is 11.3 Å². The normalized spacial score (nSPS) is 11.3. The largest absolute Gasteiger partial charge is 0.310 e. The van der Waals surface area contributed by atoms with Gasteiger partial charge < -0.3 is 4.90 Å². The van der Waals surface area contributed by atoms with Crippen LogP contribution in [-0.2, 0) is 0 Å². The molecule has 0 N–H and O–H groups in total. The number of benzene rings is 9. The maximum Gasteiger partial charge on any atom is 0.0540 e. The van der Waals surface area contributed by atoms with Crippen LogP contribution in [0.3, 0.4) is 0 Å². The topological polar surface area (TPSA) is 3.24 Å². The summed E-state index contributed by atoms with van der Waals surface area (Å²) < 4.78 is 2.59. The molecule has 54 heavy (non-hydrogen) atoms. The van der Waals surface area contributed by atoms with Crippen molar-refractivity contribution >= 4 is 59.3 Å². The van der Waals surface area contributed by atoms with Crippen molar-refractivity contribution < 1.29 is 0 Å². The fraction of sp³-hybridized carbons (Fsp3) is 0. The second-order valence-electron chi connectivity index (χ2n) is 13.8. The Hall–Kier alpha value is -6.74. The Balaban J connectivity index is 1.06. The zero-order chi connectivity index (χ0) is 35.8. The van der Waals surface area contributed by atoms with Gasteiger partial charge in [0.15, 0.2) is 0 Å². The molecule has 254 valence electrons. The molecule has 0 saturated carbocycles. The molecule has 0 aliphatic rings. The minimum atomic E-state index is 1.11. The van der Waals surface area contributed by atoms with Crippen molar-refractivity contribution in [2.45, 2.75) is 0 Å². The standard InChI is InChI=1S/C52H35NS/c1-2-11-36(12-3-1)38-21-24-40(25-22-38)47-17-6-8-19-50(47)53(46-31-32-49-48-18-7-9-20-51(48)54-52(49)35-46)45-29-27-39(28-30-45)42-15-10-16-43(33-42)44-26-23-37-13-4-5-14-41(37)34-44/h1-35H. The summed E-state index contributed by atoms with van der Waals surface area (Å²) in [5.74, 6) is 0. The van der Waals surface area contributed by atoms with E-state index in [1.54, 1.807) is 0 Å². The highest BCUT2D eigenvalue weighted by atomic mass is 32.1. The quantitative estimate of drug-likeness (QED) is 0.160. The van der Waals surface area contributed by atoms with Crippen LogP contribution >= 0.6 is 11.3 Å². The van der Waals surface area contributed by atoms with E-state index in [0.29, 0.717) is 0 Å². The second kappa shape index (κ2) is 13.7. The van der Waals surface area contributed by atoms with E-state index in [4.69, 9.17) is 0 Å². The Labute approximate surface area is 319 Å². The average molecular weight is 706 g/mol. The molecule has 0 aliphatic carbocycles. The van der Waals surface area contributed by atoms with Crippen molar-refractivity contribution in [3.63, 3.8) is 0 Å². The maximum absolute atomic E-state index is 2.42. The van der Waals surface area contributed by atoms with Crippen molar-refractivity contribution in [3.8, 4) is 44.5 Å². The molecule has 1 nitrogen and oxygen atoms in total. The van der Waals surface area contributed by atoms with Gasteiger partial charge in [0.2, 0.25) is 0 Å². The van der Waals surface area contributed by atoms with E-state index in [0.717, 1.165) is 17.1 Å². The summed E-state index contributed by atoms with van der Waals surface area (Å²) in [6.07, 6.45) is 0. The molecule has 1 heterocycles. The van der Waals surface area contributed by atoms with Crippen LogP contribution in [0.5, 0.6) is 0 Å². The van der Waals surface area contributed by atoms with Gasteiger partial charge in [0.25, 0.3) is 0 Å². The maximum atomic E-state index is 2.42. The number of hydrogen-bond acceptors (Lipinski definition) is 2. The summed E-state index contributed by atoms with van der Waals surface area (Å²) in [5.41, 5.74) is 13.0. The number of thiophene rings is 1. The Morgan fingerprint density at radius 3 is 1.70 bits per heavy atom. The van der Waals surface area contributed by atoms with E-state index in [9.17, 15) is 0 Å². The van der Waals surface area contributed by atoms with Gasteiger partial charge in [-0.25, -0.2) is 0 Å². The van der Waals surface area contributed by atoms with Crippen molar-refractivity contribution in [3.05, 3.63) is 212 Å². The van der Waals surface area contributed by atoms with E-state index in [1.807, 2.05) is 11.3 Å². The summed E-state index contributed by atoms with van der Waals surface area (Å²) in [7, 11) is 0. The van der Waals surface area contributed by atoms with Gasteiger partial charge in [0.05, 0.1) is 5.69 Å². The van der Waals surface area contributed by atoms with Crippen molar-refractivity contribution in [1.82, 2.24) is 0 Å². The van der Waals surface area contributed by atoms with Crippen LogP contribution in [-0.4, -0.2) is 0 Å². The number of para-hydroxylation sites is 1. The highest BCUT2D eigenvalue weighted by Crippen LogP contribution is 2.44. The fourth-order valence-corrected chi connectivity index (χ4v) is 8.86. The van der Waals surface area contributed by atoms with Crippen LogP contribution in [0.15, 0.2) is 212 Å². The lowest BCUT2D eigenvalue weighted by atomic mass is 9.96. The minimum Gasteiger partial charge on any atom is -0.310 e. The molecule has 0 amide bonds.